The molecule has 0 atom stereocenters. The van der Waals surface area contributed by atoms with Gasteiger partial charge in [0.2, 0.25) is 5.78 Å². The standard InChI is InChI=1S/C15H14N2O2/c1-17-9-7-13(10-17)15(18)11-19-14-4-2-12(3-5-14)6-8-16/h2-5,7,9-10H,6,11H2,1H3. The number of nitriles is 1. The number of ketones is 1. The number of hydrogen-bond donors (Lipinski definition) is 0. The minimum absolute atomic E-state index is 0.0155. The van der Waals surface area contributed by atoms with Gasteiger partial charge in [-0.3, -0.25) is 4.79 Å². The van der Waals surface area contributed by atoms with Gasteiger partial charge in [-0.05, 0) is 23.8 Å². The SMILES string of the molecule is Cn1ccc(C(=O)COc2ccc(CC#N)cc2)c1. The number of rotatable bonds is 5. The van der Waals surface area contributed by atoms with Gasteiger partial charge < -0.3 is 9.30 Å². The van der Waals surface area contributed by atoms with E-state index >= 15 is 0 Å². The minimum Gasteiger partial charge on any atom is -0.485 e. The third-order valence-corrected chi connectivity index (χ3v) is 2.73. The van der Waals surface area contributed by atoms with E-state index in [9.17, 15) is 4.79 Å². The van der Waals surface area contributed by atoms with Crippen LogP contribution in [0.15, 0.2) is 42.7 Å². The molecular formula is C15H14N2O2. The second-order valence-corrected chi connectivity index (χ2v) is 4.26. The fourth-order valence-corrected chi connectivity index (χ4v) is 1.70. The van der Waals surface area contributed by atoms with Crippen molar-refractivity contribution < 1.29 is 9.53 Å². The Morgan fingerprint density at radius 3 is 2.63 bits per heavy atom. The van der Waals surface area contributed by atoms with Crippen LogP contribution in [0.1, 0.15) is 15.9 Å². The molecular weight excluding hydrogens is 240 g/mol. The molecule has 1 aromatic carbocycles. The summed E-state index contributed by atoms with van der Waals surface area (Å²) >= 11 is 0. The van der Waals surface area contributed by atoms with Crippen LogP contribution in [0.25, 0.3) is 0 Å². The van der Waals surface area contributed by atoms with Gasteiger partial charge in [0.05, 0.1) is 12.5 Å². The van der Waals surface area contributed by atoms with Gasteiger partial charge in [0.25, 0.3) is 0 Å². The van der Waals surface area contributed by atoms with Crippen molar-refractivity contribution in [3.05, 3.63) is 53.9 Å². The van der Waals surface area contributed by atoms with Crippen LogP contribution in [0, 0.1) is 11.3 Å². The minimum atomic E-state index is -0.0540. The first kappa shape index (κ1) is 12.9. The van der Waals surface area contributed by atoms with Crippen molar-refractivity contribution in [3.63, 3.8) is 0 Å². The largest absolute Gasteiger partial charge is 0.485 e. The van der Waals surface area contributed by atoms with Crippen molar-refractivity contribution in [1.82, 2.24) is 4.57 Å². The van der Waals surface area contributed by atoms with E-state index in [1.54, 1.807) is 24.4 Å². The second-order valence-electron chi connectivity index (χ2n) is 4.26. The Labute approximate surface area is 111 Å². The molecule has 4 heteroatoms. The summed E-state index contributed by atoms with van der Waals surface area (Å²) in [6, 6.07) is 11.0. The molecule has 1 aromatic heterocycles. The lowest BCUT2D eigenvalue weighted by molar-refractivity contribution is 0.0921. The molecule has 2 aromatic rings. The van der Waals surface area contributed by atoms with E-state index in [-0.39, 0.29) is 12.4 Å². The normalized spacial score (nSPS) is 9.89. The van der Waals surface area contributed by atoms with Crippen LogP contribution in [-0.4, -0.2) is 17.0 Å². The van der Waals surface area contributed by atoms with E-state index in [0.717, 1.165) is 5.56 Å². The Balaban J connectivity index is 1.92. The Bertz CT molecular complexity index is 606. The molecule has 0 spiro atoms. The second kappa shape index (κ2) is 5.87. The van der Waals surface area contributed by atoms with E-state index in [1.165, 1.54) is 0 Å². The summed E-state index contributed by atoms with van der Waals surface area (Å²) in [6.45, 7) is 0.0155. The summed E-state index contributed by atoms with van der Waals surface area (Å²) in [5.41, 5.74) is 1.58. The zero-order chi connectivity index (χ0) is 13.7. The van der Waals surface area contributed by atoms with Crippen LogP contribution in [0.4, 0.5) is 0 Å². The lowest BCUT2D eigenvalue weighted by Gasteiger charge is -2.05. The maximum absolute atomic E-state index is 11.8. The summed E-state index contributed by atoms with van der Waals surface area (Å²) in [5, 5.41) is 8.57. The molecule has 0 unspecified atom stereocenters. The Morgan fingerprint density at radius 1 is 1.32 bits per heavy atom. The van der Waals surface area contributed by atoms with Crippen molar-refractivity contribution in [2.75, 3.05) is 6.61 Å². The van der Waals surface area contributed by atoms with Gasteiger partial charge in [-0.1, -0.05) is 12.1 Å². The number of aryl methyl sites for hydroxylation is 1. The Morgan fingerprint density at radius 2 is 2.05 bits per heavy atom. The maximum atomic E-state index is 11.8. The number of nitrogens with zero attached hydrogens (tertiary/aromatic N) is 2. The van der Waals surface area contributed by atoms with Crippen LogP contribution in [0.5, 0.6) is 5.75 Å². The highest BCUT2D eigenvalue weighted by Gasteiger charge is 2.07. The summed E-state index contributed by atoms with van der Waals surface area (Å²) in [4.78, 5) is 11.8. The molecule has 96 valence electrons. The van der Waals surface area contributed by atoms with Crippen LogP contribution in [0.3, 0.4) is 0 Å². The van der Waals surface area contributed by atoms with Gasteiger partial charge in [0.1, 0.15) is 5.75 Å². The average Bonchev–Trinajstić information content (AvgIpc) is 2.85. The summed E-state index contributed by atoms with van der Waals surface area (Å²) < 4.78 is 7.25. The van der Waals surface area contributed by atoms with Gasteiger partial charge in [0.15, 0.2) is 6.61 Å². The Kier molecular flexibility index (Phi) is 3.99. The molecule has 0 fully saturated rings. The highest BCUT2D eigenvalue weighted by molar-refractivity contribution is 5.97. The molecule has 19 heavy (non-hydrogen) atoms. The molecule has 0 saturated heterocycles. The van der Waals surface area contributed by atoms with Crippen molar-refractivity contribution in [2.24, 2.45) is 7.05 Å². The van der Waals surface area contributed by atoms with Crippen LogP contribution in [-0.2, 0) is 13.5 Å². The first-order valence-electron chi connectivity index (χ1n) is 5.93. The zero-order valence-electron chi connectivity index (χ0n) is 10.7. The maximum Gasteiger partial charge on any atom is 0.201 e. The lowest BCUT2D eigenvalue weighted by Crippen LogP contribution is -2.10. The van der Waals surface area contributed by atoms with Crippen molar-refractivity contribution in [2.45, 2.75) is 6.42 Å². The van der Waals surface area contributed by atoms with Gasteiger partial charge in [0, 0.05) is 25.0 Å². The van der Waals surface area contributed by atoms with E-state index in [2.05, 4.69) is 6.07 Å². The molecule has 0 aliphatic rings. The molecule has 0 amide bonds. The smallest absolute Gasteiger partial charge is 0.201 e. The third kappa shape index (κ3) is 3.46. The van der Waals surface area contributed by atoms with E-state index < -0.39 is 0 Å². The lowest BCUT2D eigenvalue weighted by atomic mass is 10.2. The first-order valence-corrected chi connectivity index (χ1v) is 5.93. The number of hydrogen-bond acceptors (Lipinski definition) is 3. The van der Waals surface area contributed by atoms with Gasteiger partial charge in [-0.25, -0.2) is 0 Å². The fraction of sp³-hybridized carbons (Fsp3) is 0.200. The van der Waals surface area contributed by atoms with Crippen molar-refractivity contribution in [3.8, 4) is 11.8 Å². The van der Waals surface area contributed by atoms with E-state index in [4.69, 9.17) is 10.00 Å². The quantitative estimate of drug-likeness (QED) is 0.770. The number of benzene rings is 1. The molecule has 0 aliphatic carbocycles. The molecule has 2 rings (SSSR count). The molecule has 0 bridgehead atoms. The van der Waals surface area contributed by atoms with E-state index in [0.29, 0.717) is 17.7 Å². The number of carbonyl (C=O) groups is 1. The van der Waals surface area contributed by atoms with Crippen molar-refractivity contribution >= 4 is 5.78 Å². The third-order valence-electron chi connectivity index (χ3n) is 2.73. The highest BCUT2D eigenvalue weighted by atomic mass is 16.5. The number of ether oxygens (including phenoxy) is 1. The number of carbonyl (C=O) groups excluding carboxylic acids is 1. The van der Waals surface area contributed by atoms with Gasteiger partial charge in [-0.2, -0.15) is 5.26 Å². The molecule has 0 saturated carbocycles. The summed E-state index contributed by atoms with van der Waals surface area (Å²) in [5.74, 6) is 0.577. The number of aromatic nitrogens is 1. The summed E-state index contributed by atoms with van der Waals surface area (Å²) in [6.07, 6.45) is 3.97. The predicted octanol–water partition coefficient (Wildman–Crippen LogP) is 2.35. The monoisotopic (exact) mass is 254 g/mol. The molecule has 1 heterocycles. The first-order chi connectivity index (χ1) is 9.19. The van der Waals surface area contributed by atoms with Crippen LogP contribution >= 0.6 is 0 Å². The molecule has 0 N–H and O–H groups in total. The Hall–Kier alpha value is -2.54. The summed E-state index contributed by atoms with van der Waals surface area (Å²) in [7, 11) is 1.87. The topological polar surface area (TPSA) is 55.0 Å². The van der Waals surface area contributed by atoms with Gasteiger partial charge >= 0.3 is 0 Å². The highest BCUT2D eigenvalue weighted by Crippen LogP contribution is 2.13. The van der Waals surface area contributed by atoms with Crippen LogP contribution < -0.4 is 4.74 Å². The molecule has 4 nitrogen and oxygen atoms in total. The van der Waals surface area contributed by atoms with Gasteiger partial charge in [-0.15, -0.1) is 0 Å². The zero-order valence-corrected chi connectivity index (χ0v) is 10.7. The fourth-order valence-electron chi connectivity index (χ4n) is 1.70. The van der Waals surface area contributed by atoms with Crippen molar-refractivity contribution in [1.29, 1.82) is 5.26 Å². The predicted molar refractivity (Wildman–Crippen MR) is 71.0 cm³/mol. The van der Waals surface area contributed by atoms with E-state index in [1.807, 2.05) is 29.9 Å². The number of Topliss-reactive ketones (excluding diaryl/α,β-unsaturated/α-hetero) is 1. The molecule has 0 aliphatic heterocycles. The van der Waals surface area contributed by atoms with Crippen LogP contribution in [0.2, 0.25) is 0 Å². The average molecular weight is 254 g/mol. The molecule has 0 radical (unpaired) electrons.